The molecule has 0 saturated carbocycles. The summed E-state index contributed by atoms with van der Waals surface area (Å²) in [5.41, 5.74) is 2.00. The molecule has 6 nitrogen and oxygen atoms in total. The van der Waals surface area contributed by atoms with Crippen molar-refractivity contribution in [3.63, 3.8) is 0 Å². The number of amides is 1. The lowest BCUT2D eigenvalue weighted by Gasteiger charge is -2.32. The van der Waals surface area contributed by atoms with Gasteiger partial charge in [-0.25, -0.2) is 0 Å². The molecule has 1 aliphatic heterocycles. The summed E-state index contributed by atoms with van der Waals surface area (Å²) in [6.45, 7) is 10.7. The van der Waals surface area contributed by atoms with Crippen LogP contribution in [0.1, 0.15) is 55.6 Å². The Balaban J connectivity index is 1.74. The van der Waals surface area contributed by atoms with E-state index in [4.69, 9.17) is 30.8 Å². The zero-order valence-electron chi connectivity index (χ0n) is 19.3. The van der Waals surface area contributed by atoms with Crippen LogP contribution in [0.3, 0.4) is 0 Å². The van der Waals surface area contributed by atoms with Crippen molar-refractivity contribution >= 4 is 30.1 Å². The van der Waals surface area contributed by atoms with E-state index in [0.717, 1.165) is 11.1 Å². The summed E-state index contributed by atoms with van der Waals surface area (Å²) in [7, 11) is -0.650. The van der Waals surface area contributed by atoms with E-state index in [0.29, 0.717) is 41.4 Å². The van der Waals surface area contributed by atoms with E-state index in [1.807, 2.05) is 52.8 Å². The van der Waals surface area contributed by atoms with Gasteiger partial charge in [-0.3, -0.25) is 4.79 Å². The first-order valence-electron chi connectivity index (χ1n) is 10.8. The van der Waals surface area contributed by atoms with Crippen molar-refractivity contribution in [3.8, 4) is 5.75 Å². The van der Waals surface area contributed by atoms with Gasteiger partial charge in [-0.05, 0) is 64.4 Å². The Morgan fingerprint density at radius 3 is 2.50 bits per heavy atom. The van der Waals surface area contributed by atoms with Gasteiger partial charge in [0, 0.05) is 41.2 Å². The number of nitrogens with one attached hydrogen (secondary N) is 1. The standard InChI is InChI=1S/C24H31BClNO5/c1-16-8-6-9-21(30-13-7-12-28)18(16)15-27-22(29)17-10-11-20(26)19(14-17)25-31-23(2,3)24(4,5)32-25/h6,8-11,14,28H,7,12-13,15H2,1-5H3,(H,27,29). The van der Waals surface area contributed by atoms with Crippen molar-refractivity contribution < 1.29 is 23.9 Å². The molecule has 0 atom stereocenters. The largest absolute Gasteiger partial charge is 0.496 e. The van der Waals surface area contributed by atoms with Crippen LogP contribution < -0.4 is 15.5 Å². The van der Waals surface area contributed by atoms with Gasteiger partial charge in [0.25, 0.3) is 5.91 Å². The van der Waals surface area contributed by atoms with Crippen LogP contribution >= 0.6 is 11.6 Å². The van der Waals surface area contributed by atoms with Gasteiger partial charge in [0.15, 0.2) is 0 Å². The third-order valence-electron chi connectivity index (χ3n) is 6.12. The fourth-order valence-corrected chi connectivity index (χ4v) is 3.60. The van der Waals surface area contributed by atoms with Gasteiger partial charge in [0.1, 0.15) is 5.75 Å². The maximum Gasteiger partial charge on any atom is 0.496 e. The van der Waals surface area contributed by atoms with Crippen LogP contribution in [0.2, 0.25) is 5.02 Å². The van der Waals surface area contributed by atoms with Gasteiger partial charge in [0.2, 0.25) is 0 Å². The topological polar surface area (TPSA) is 77.0 Å². The molecule has 1 fully saturated rings. The number of rotatable bonds is 8. The molecule has 0 bridgehead atoms. The Morgan fingerprint density at radius 1 is 1.16 bits per heavy atom. The number of carbonyl (C=O) groups is 1. The number of aryl methyl sites for hydroxylation is 1. The number of hydrogen-bond donors (Lipinski definition) is 2. The molecule has 0 unspecified atom stereocenters. The lowest BCUT2D eigenvalue weighted by Crippen LogP contribution is -2.41. The number of carbonyl (C=O) groups excluding carboxylic acids is 1. The molecule has 32 heavy (non-hydrogen) atoms. The molecular formula is C24H31BClNO5. The molecule has 0 radical (unpaired) electrons. The highest BCUT2D eigenvalue weighted by Gasteiger charge is 2.52. The first kappa shape index (κ1) is 24.6. The van der Waals surface area contributed by atoms with E-state index in [1.165, 1.54) is 0 Å². The third kappa shape index (κ3) is 5.29. The predicted octanol–water partition coefficient (Wildman–Crippen LogP) is 3.64. The quantitative estimate of drug-likeness (QED) is 0.465. The molecule has 2 N–H and O–H groups in total. The minimum Gasteiger partial charge on any atom is -0.493 e. The van der Waals surface area contributed by atoms with Crippen LogP contribution in [0.15, 0.2) is 36.4 Å². The molecule has 1 aliphatic rings. The van der Waals surface area contributed by atoms with Gasteiger partial charge in [0.05, 0.1) is 17.8 Å². The Hall–Kier alpha value is -2.06. The maximum absolute atomic E-state index is 12.9. The van der Waals surface area contributed by atoms with E-state index >= 15 is 0 Å². The number of ether oxygens (including phenoxy) is 1. The van der Waals surface area contributed by atoms with Crippen LogP contribution in [-0.2, 0) is 15.9 Å². The number of hydrogen-bond acceptors (Lipinski definition) is 5. The first-order chi connectivity index (χ1) is 15.1. The number of halogens is 1. The second-order valence-corrected chi connectivity index (χ2v) is 9.39. The lowest BCUT2D eigenvalue weighted by atomic mass is 9.78. The number of aliphatic hydroxyl groups is 1. The highest BCUT2D eigenvalue weighted by Crippen LogP contribution is 2.37. The van der Waals surface area contributed by atoms with E-state index in [9.17, 15) is 4.79 Å². The van der Waals surface area contributed by atoms with Crippen molar-refractivity contribution in [1.29, 1.82) is 0 Å². The first-order valence-corrected chi connectivity index (χ1v) is 11.2. The van der Waals surface area contributed by atoms with Crippen molar-refractivity contribution in [2.45, 2.75) is 58.8 Å². The molecular weight excluding hydrogens is 429 g/mol. The molecule has 2 aromatic rings. The minimum absolute atomic E-state index is 0.0690. The molecule has 0 spiro atoms. The Morgan fingerprint density at radius 2 is 1.84 bits per heavy atom. The highest BCUT2D eigenvalue weighted by molar-refractivity contribution is 6.65. The molecule has 3 rings (SSSR count). The average molecular weight is 460 g/mol. The molecule has 0 aromatic heterocycles. The molecule has 0 aliphatic carbocycles. The van der Waals surface area contributed by atoms with Crippen molar-refractivity contribution in [2.75, 3.05) is 13.2 Å². The predicted molar refractivity (Wildman–Crippen MR) is 127 cm³/mol. The smallest absolute Gasteiger partial charge is 0.493 e. The van der Waals surface area contributed by atoms with Crippen molar-refractivity contribution in [1.82, 2.24) is 5.32 Å². The zero-order chi connectivity index (χ0) is 23.5. The monoisotopic (exact) mass is 459 g/mol. The van der Waals surface area contributed by atoms with Gasteiger partial charge < -0.3 is 24.5 Å². The van der Waals surface area contributed by atoms with Crippen LogP contribution in [0, 0.1) is 6.92 Å². The van der Waals surface area contributed by atoms with E-state index in [-0.39, 0.29) is 12.5 Å². The van der Waals surface area contributed by atoms with Gasteiger partial charge >= 0.3 is 7.12 Å². The molecule has 172 valence electrons. The molecule has 1 amide bonds. The van der Waals surface area contributed by atoms with Crippen molar-refractivity contribution in [2.24, 2.45) is 0 Å². The zero-order valence-corrected chi connectivity index (χ0v) is 20.1. The third-order valence-corrected chi connectivity index (χ3v) is 6.46. The molecule has 1 heterocycles. The van der Waals surface area contributed by atoms with Gasteiger partial charge in [-0.1, -0.05) is 23.7 Å². The Labute approximate surface area is 195 Å². The van der Waals surface area contributed by atoms with Crippen LogP contribution in [0.25, 0.3) is 0 Å². The summed E-state index contributed by atoms with van der Waals surface area (Å²) < 4.78 is 18.0. The van der Waals surface area contributed by atoms with Crippen LogP contribution in [-0.4, -0.2) is 42.5 Å². The minimum atomic E-state index is -0.650. The lowest BCUT2D eigenvalue weighted by molar-refractivity contribution is 0.00578. The maximum atomic E-state index is 12.9. The molecule has 8 heteroatoms. The summed E-state index contributed by atoms with van der Waals surface area (Å²) >= 11 is 6.42. The van der Waals surface area contributed by atoms with Crippen LogP contribution in [0.4, 0.5) is 0 Å². The molecule has 2 aromatic carbocycles. The SMILES string of the molecule is Cc1cccc(OCCCO)c1CNC(=O)c1ccc(Cl)c(B2OC(C)(C)C(C)(C)O2)c1. The summed E-state index contributed by atoms with van der Waals surface area (Å²) in [4.78, 5) is 12.9. The fourth-order valence-electron chi connectivity index (χ4n) is 3.39. The average Bonchev–Trinajstić information content (AvgIpc) is 2.94. The normalized spacial score (nSPS) is 16.8. The van der Waals surface area contributed by atoms with E-state index in [1.54, 1.807) is 18.2 Å². The summed E-state index contributed by atoms with van der Waals surface area (Å²) in [6, 6.07) is 10.8. The number of benzene rings is 2. The Kier molecular flexibility index (Phi) is 7.55. The second-order valence-electron chi connectivity index (χ2n) is 8.98. The Bertz CT molecular complexity index is 963. The molecule has 1 saturated heterocycles. The van der Waals surface area contributed by atoms with Gasteiger partial charge in [-0.2, -0.15) is 0 Å². The van der Waals surface area contributed by atoms with Crippen molar-refractivity contribution in [3.05, 3.63) is 58.1 Å². The summed E-state index contributed by atoms with van der Waals surface area (Å²) in [5, 5.41) is 12.4. The summed E-state index contributed by atoms with van der Waals surface area (Å²) in [6.07, 6.45) is 0.548. The van der Waals surface area contributed by atoms with Crippen LogP contribution in [0.5, 0.6) is 5.75 Å². The van der Waals surface area contributed by atoms with E-state index < -0.39 is 18.3 Å². The van der Waals surface area contributed by atoms with Gasteiger partial charge in [-0.15, -0.1) is 0 Å². The fraction of sp³-hybridized carbons (Fsp3) is 0.458. The second kappa shape index (κ2) is 9.83. The summed E-state index contributed by atoms with van der Waals surface area (Å²) in [5.74, 6) is 0.469. The van der Waals surface area contributed by atoms with E-state index in [2.05, 4.69) is 5.32 Å². The number of aliphatic hydroxyl groups excluding tert-OH is 1. The highest BCUT2D eigenvalue weighted by atomic mass is 35.5.